The maximum Gasteiger partial charge on any atom is 0.240 e. The van der Waals surface area contributed by atoms with E-state index < -0.39 is 0 Å². The molecular formula is C32H38ClIN2O4. The van der Waals surface area contributed by atoms with Gasteiger partial charge in [0.2, 0.25) is 5.91 Å². The van der Waals surface area contributed by atoms with Crippen molar-refractivity contribution in [1.82, 2.24) is 5.43 Å². The number of carbonyl (C=O) groups excluding carboxylic acids is 1. The van der Waals surface area contributed by atoms with Crippen LogP contribution in [0.2, 0.25) is 5.02 Å². The van der Waals surface area contributed by atoms with Gasteiger partial charge in [-0.2, -0.15) is 5.10 Å². The van der Waals surface area contributed by atoms with Crippen LogP contribution in [-0.4, -0.2) is 24.3 Å². The van der Waals surface area contributed by atoms with Crippen LogP contribution < -0.4 is 14.9 Å². The Morgan fingerprint density at radius 2 is 1.68 bits per heavy atom. The van der Waals surface area contributed by atoms with Gasteiger partial charge in [-0.25, -0.2) is 5.43 Å². The Labute approximate surface area is 256 Å². The Bertz CT molecular complexity index is 1360. The molecule has 0 atom stereocenters. The lowest BCUT2D eigenvalue weighted by molar-refractivity contribution is -0.121. The maximum absolute atomic E-state index is 12.6. The number of phenolic OH excluding ortho intramolecular Hbond substituents is 1. The average molecular weight is 677 g/mol. The summed E-state index contributed by atoms with van der Waals surface area (Å²) in [7, 11) is 1.58. The van der Waals surface area contributed by atoms with E-state index in [1.165, 1.54) is 0 Å². The second kappa shape index (κ2) is 13.3. The molecule has 0 spiro atoms. The highest BCUT2D eigenvalue weighted by Crippen LogP contribution is 2.40. The molecule has 3 rings (SSSR count). The van der Waals surface area contributed by atoms with Crippen LogP contribution in [0.25, 0.3) is 0 Å². The Morgan fingerprint density at radius 1 is 1.05 bits per heavy atom. The van der Waals surface area contributed by atoms with Gasteiger partial charge in [0, 0.05) is 17.0 Å². The summed E-state index contributed by atoms with van der Waals surface area (Å²) in [5.41, 5.74) is 6.60. The number of nitrogens with zero attached hydrogens (tertiary/aromatic N) is 1. The normalized spacial score (nSPS) is 12.0. The van der Waals surface area contributed by atoms with Gasteiger partial charge in [-0.1, -0.05) is 83.5 Å². The molecule has 3 aromatic rings. The zero-order valence-corrected chi connectivity index (χ0v) is 27.1. The minimum atomic E-state index is -0.222. The number of hydrogen-bond acceptors (Lipinski definition) is 5. The summed E-state index contributed by atoms with van der Waals surface area (Å²) in [6.45, 7) is 12.8. The molecule has 0 aliphatic heterocycles. The van der Waals surface area contributed by atoms with E-state index in [1.807, 2.05) is 42.5 Å². The second-order valence-electron chi connectivity index (χ2n) is 11.7. The van der Waals surface area contributed by atoms with Crippen molar-refractivity contribution in [2.75, 3.05) is 7.11 Å². The first-order chi connectivity index (χ1) is 18.7. The molecule has 0 aromatic heterocycles. The first-order valence-electron chi connectivity index (χ1n) is 13.1. The van der Waals surface area contributed by atoms with Crippen LogP contribution in [0.4, 0.5) is 0 Å². The van der Waals surface area contributed by atoms with Crippen LogP contribution in [0.5, 0.6) is 17.2 Å². The van der Waals surface area contributed by atoms with Gasteiger partial charge >= 0.3 is 0 Å². The number of phenols is 1. The molecular weight excluding hydrogens is 639 g/mol. The van der Waals surface area contributed by atoms with Gasteiger partial charge in [0.05, 0.1) is 16.9 Å². The molecule has 0 radical (unpaired) electrons. The van der Waals surface area contributed by atoms with E-state index in [9.17, 15) is 9.90 Å². The predicted octanol–water partition coefficient (Wildman–Crippen LogP) is 7.92. The summed E-state index contributed by atoms with van der Waals surface area (Å²) in [6.07, 6.45) is 2.39. The number of halogens is 2. The molecule has 0 unspecified atom stereocenters. The number of carbonyl (C=O) groups is 1. The van der Waals surface area contributed by atoms with Crippen molar-refractivity contribution < 1.29 is 19.4 Å². The Hall–Kier alpha value is -2.78. The average Bonchev–Trinajstić information content (AvgIpc) is 2.86. The number of rotatable bonds is 9. The van der Waals surface area contributed by atoms with Crippen molar-refractivity contribution in [2.45, 2.75) is 71.8 Å². The van der Waals surface area contributed by atoms with Crippen LogP contribution in [0.1, 0.15) is 75.8 Å². The quantitative estimate of drug-likeness (QED) is 0.137. The Balaban J connectivity index is 1.66. The van der Waals surface area contributed by atoms with Crippen LogP contribution in [0, 0.1) is 3.57 Å². The fourth-order valence-corrected chi connectivity index (χ4v) is 5.17. The summed E-state index contributed by atoms with van der Waals surface area (Å²) in [6, 6.07) is 15.2. The van der Waals surface area contributed by atoms with Gasteiger partial charge in [-0.05, 0) is 80.3 Å². The van der Waals surface area contributed by atoms with E-state index >= 15 is 0 Å². The molecule has 3 aromatic carbocycles. The number of aromatic hydroxyl groups is 1. The molecule has 0 heterocycles. The molecule has 6 nitrogen and oxygen atoms in total. The maximum atomic E-state index is 12.6. The van der Waals surface area contributed by atoms with Gasteiger partial charge in [0.15, 0.2) is 11.5 Å². The number of amides is 1. The topological polar surface area (TPSA) is 80.2 Å². The summed E-state index contributed by atoms with van der Waals surface area (Å²) >= 11 is 8.43. The first-order valence-corrected chi connectivity index (χ1v) is 14.6. The van der Waals surface area contributed by atoms with Crippen LogP contribution >= 0.6 is 34.2 Å². The molecule has 0 saturated carbocycles. The molecule has 214 valence electrons. The van der Waals surface area contributed by atoms with Gasteiger partial charge < -0.3 is 14.6 Å². The molecule has 0 bridgehead atoms. The van der Waals surface area contributed by atoms with E-state index in [1.54, 1.807) is 19.4 Å². The van der Waals surface area contributed by atoms with E-state index in [4.69, 9.17) is 21.1 Å². The first kappa shape index (κ1) is 31.7. The van der Waals surface area contributed by atoms with Gasteiger partial charge in [0.25, 0.3) is 0 Å². The number of nitrogens with one attached hydrogen (secondary N) is 1. The lowest BCUT2D eigenvalue weighted by Crippen LogP contribution is -2.20. The summed E-state index contributed by atoms with van der Waals surface area (Å²) in [5, 5.41) is 15.7. The predicted molar refractivity (Wildman–Crippen MR) is 171 cm³/mol. The number of hydrogen-bond donors (Lipinski definition) is 2. The summed E-state index contributed by atoms with van der Waals surface area (Å²) in [5.74, 6) is 1.31. The lowest BCUT2D eigenvalue weighted by atomic mass is 9.78. The number of methoxy groups -OCH3 is 1. The lowest BCUT2D eigenvalue weighted by Gasteiger charge is -2.28. The molecule has 2 N–H and O–H groups in total. The van der Waals surface area contributed by atoms with E-state index in [0.29, 0.717) is 35.3 Å². The molecule has 0 saturated heterocycles. The van der Waals surface area contributed by atoms with E-state index in [0.717, 1.165) is 31.4 Å². The van der Waals surface area contributed by atoms with Crippen LogP contribution in [0.3, 0.4) is 0 Å². The van der Waals surface area contributed by atoms with Crippen molar-refractivity contribution in [1.29, 1.82) is 0 Å². The number of ether oxygens (including phenoxy) is 2. The SMILES string of the molecule is COc1cc(/C=N\NC(=O)CCc2cc(C(C)(C)C)c(O)c(C(C)(C)C)c2)cc(I)c1OCc1ccccc1Cl. The third kappa shape index (κ3) is 8.36. The molecule has 8 heteroatoms. The molecule has 0 aliphatic rings. The smallest absolute Gasteiger partial charge is 0.240 e. The number of hydrazone groups is 1. The van der Waals surface area contributed by atoms with Crippen LogP contribution in [0.15, 0.2) is 53.6 Å². The van der Waals surface area contributed by atoms with Crippen molar-refractivity contribution in [3.05, 3.63) is 84.9 Å². The minimum absolute atomic E-state index is 0.194. The number of aryl methyl sites for hydroxylation is 1. The molecule has 0 fully saturated rings. The van der Waals surface area contributed by atoms with Gasteiger partial charge in [-0.15, -0.1) is 0 Å². The second-order valence-corrected chi connectivity index (χ2v) is 13.3. The minimum Gasteiger partial charge on any atom is -0.507 e. The number of benzene rings is 3. The van der Waals surface area contributed by atoms with Crippen molar-refractivity contribution in [3.8, 4) is 17.2 Å². The largest absolute Gasteiger partial charge is 0.507 e. The van der Waals surface area contributed by atoms with Crippen molar-refractivity contribution in [2.24, 2.45) is 5.10 Å². The Kier molecular flexibility index (Phi) is 10.5. The Morgan fingerprint density at radius 3 is 2.25 bits per heavy atom. The molecule has 0 aliphatic carbocycles. The van der Waals surface area contributed by atoms with Gasteiger partial charge in [-0.3, -0.25) is 4.79 Å². The van der Waals surface area contributed by atoms with E-state index in [2.05, 4.69) is 74.7 Å². The molecule has 40 heavy (non-hydrogen) atoms. The van der Waals surface area contributed by atoms with Gasteiger partial charge in [0.1, 0.15) is 12.4 Å². The third-order valence-corrected chi connectivity index (χ3v) is 7.58. The highest BCUT2D eigenvalue weighted by Gasteiger charge is 2.26. The monoisotopic (exact) mass is 676 g/mol. The highest BCUT2D eigenvalue weighted by atomic mass is 127. The van der Waals surface area contributed by atoms with E-state index in [-0.39, 0.29) is 23.2 Å². The highest BCUT2D eigenvalue weighted by molar-refractivity contribution is 14.1. The van der Waals surface area contributed by atoms with Crippen molar-refractivity contribution in [3.63, 3.8) is 0 Å². The third-order valence-electron chi connectivity index (χ3n) is 6.41. The fourth-order valence-electron chi connectivity index (χ4n) is 4.19. The molecule has 1 amide bonds. The fraction of sp³-hybridized carbons (Fsp3) is 0.375. The summed E-state index contributed by atoms with van der Waals surface area (Å²) in [4.78, 5) is 12.6. The summed E-state index contributed by atoms with van der Waals surface area (Å²) < 4.78 is 12.4. The zero-order chi connectivity index (χ0) is 29.7. The van der Waals surface area contributed by atoms with Crippen molar-refractivity contribution >= 4 is 46.3 Å². The zero-order valence-electron chi connectivity index (χ0n) is 24.2. The van der Waals surface area contributed by atoms with Crippen LogP contribution in [-0.2, 0) is 28.7 Å². The standard InChI is InChI=1S/C32H38ClIN2O4/c1-31(2,3)23-14-20(15-24(29(23)38)32(4,5)6)12-13-28(37)36-35-18-21-16-26(34)30(27(17-21)39-7)40-19-22-10-8-9-11-25(22)33/h8-11,14-18,38H,12-13,19H2,1-7H3,(H,36,37)/b35-18-.